The van der Waals surface area contributed by atoms with E-state index in [0.717, 1.165) is 0 Å². The van der Waals surface area contributed by atoms with Crippen LogP contribution in [0.5, 0.6) is 34.5 Å². The number of hydrogen-bond acceptors (Lipinski definition) is 18. The molecule has 0 amide bonds. The van der Waals surface area contributed by atoms with Gasteiger partial charge in [-0.05, 0) is 214 Å². The average molecular weight is 1100 g/mol. The number of carbonyl (C=O) groups is 6. The van der Waals surface area contributed by atoms with Gasteiger partial charge in [0.25, 0.3) is 0 Å². The molecule has 10 aromatic rings. The Bertz CT molecular complexity index is 3890. The van der Waals surface area contributed by atoms with Crippen LogP contribution in [0.15, 0.2) is 182 Å². The van der Waals surface area contributed by atoms with Crippen molar-refractivity contribution in [3.63, 3.8) is 0 Å². The first-order valence-corrected chi connectivity index (χ1v) is 24.7. The van der Waals surface area contributed by atoms with Crippen LogP contribution in [-0.2, 0) is 0 Å². The Morgan fingerprint density at radius 2 is 0.333 bits per heavy atom. The van der Waals surface area contributed by atoms with Crippen molar-refractivity contribution in [2.75, 3.05) is 0 Å². The fraction of sp³-hybridized carbons (Fsp3) is 0. The summed E-state index contributed by atoms with van der Waals surface area (Å²) in [7, 11) is 0. The topological polar surface area (TPSA) is 301 Å². The van der Waals surface area contributed by atoms with Crippen molar-refractivity contribution in [3.8, 4) is 70.9 Å². The van der Waals surface area contributed by atoms with Crippen LogP contribution in [0, 0.1) is 68.0 Å². The zero-order valence-electron chi connectivity index (χ0n) is 42.9. The molecular weight excluding hydrogens is 1070 g/mol. The normalized spacial score (nSPS) is 10.4. The molecular formula is C66H30N6O12. The maximum atomic E-state index is 14.1. The summed E-state index contributed by atoms with van der Waals surface area (Å²) >= 11 is 0. The lowest BCUT2D eigenvalue weighted by molar-refractivity contribution is 0.0682. The SMILES string of the molecule is N#Cc1ccc(C(=O)Oc2cc3c4cc(OC(=O)c5ccc(C#N)cc5)c(OC(=O)c5ccc(C#N)cc5)cc4c4cc(OC(=O)c5ccc(C#N)cc5)c(OC(=O)c5ccc(C#N)cc5)cc4c3cc2OC(=O)c2ccc(C#N)cc2)cc1. The van der Waals surface area contributed by atoms with Gasteiger partial charge in [0.15, 0.2) is 34.5 Å². The van der Waals surface area contributed by atoms with E-state index in [4.69, 9.17) is 28.4 Å². The van der Waals surface area contributed by atoms with E-state index < -0.39 is 35.8 Å². The first-order chi connectivity index (χ1) is 40.8. The van der Waals surface area contributed by atoms with Gasteiger partial charge in [0, 0.05) is 0 Å². The Morgan fingerprint density at radius 3 is 0.440 bits per heavy atom. The summed E-state index contributed by atoms with van der Waals surface area (Å²) in [6.07, 6.45) is 0. The van der Waals surface area contributed by atoms with Crippen LogP contribution < -0.4 is 28.4 Å². The summed E-state index contributed by atoms with van der Waals surface area (Å²) in [5.74, 6) is -8.05. The van der Waals surface area contributed by atoms with Crippen molar-refractivity contribution >= 4 is 68.1 Å². The van der Waals surface area contributed by atoms with E-state index in [1.54, 1.807) is 0 Å². The van der Waals surface area contributed by atoms with Crippen LogP contribution in [0.3, 0.4) is 0 Å². The Morgan fingerprint density at radius 1 is 0.214 bits per heavy atom. The molecule has 84 heavy (non-hydrogen) atoms. The number of nitrogens with zero attached hydrogens (tertiary/aromatic N) is 6. The molecule has 18 heteroatoms. The fourth-order valence-corrected chi connectivity index (χ4v) is 8.53. The summed E-state index contributed by atoms with van der Waals surface area (Å²) in [4.78, 5) is 84.5. The van der Waals surface area contributed by atoms with E-state index in [1.807, 2.05) is 36.4 Å². The monoisotopic (exact) mass is 1100 g/mol. The molecule has 0 aliphatic rings. The van der Waals surface area contributed by atoms with Gasteiger partial charge in [-0.15, -0.1) is 0 Å². The molecule has 0 aliphatic carbocycles. The summed E-state index contributed by atoms with van der Waals surface area (Å²) in [5.41, 5.74) is 1.27. The van der Waals surface area contributed by atoms with Crippen molar-refractivity contribution in [3.05, 3.63) is 249 Å². The smallest absolute Gasteiger partial charge is 0.343 e. The molecule has 0 saturated carbocycles. The first kappa shape index (κ1) is 54.1. The van der Waals surface area contributed by atoms with Gasteiger partial charge in [-0.25, -0.2) is 28.8 Å². The molecule has 0 saturated heterocycles. The Labute approximate surface area is 474 Å². The fourth-order valence-electron chi connectivity index (χ4n) is 8.53. The van der Waals surface area contributed by atoms with E-state index in [0.29, 0.717) is 0 Å². The molecule has 0 bridgehead atoms. The number of rotatable bonds is 12. The molecule has 18 nitrogen and oxygen atoms in total. The van der Waals surface area contributed by atoms with Crippen LogP contribution in [0.1, 0.15) is 95.5 Å². The second kappa shape index (κ2) is 23.4. The van der Waals surface area contributed by atoms with Crippen molar-refractivity contribution in [2.24, 2.45) is 0 Å². The van der Waals surface area contributed by atoms with Gasteiger partial charge >= 0.3 is 35.8 Å². The minimum Gasteiger partial charge on any atom is -0.419 e. The molecule has 0 spiro atoms. The highest BCUT2D eigenvalue weighted by Gasteiger charge is 2.27. The maximum absolute atomic E-state index is 14.1. The average Bonchev–Trinajstić information content (AvgIpc) is 0.950. The first-order valence-electron chi connectivity index (χ1n) is 24.7. The predicted octanol–water partition coefficient (Wildman–Crippen LogP) is 11.7. The van der Waals surface area contributed by atoms with E-state index in [9.17, 15) is 60.3 Å². The highest BCUT2D eigenvalue weighted by atomic mass is 16.6. The van der Waals surface area contributed by atoms with E-state index >= 15 is 0 Å². The van der Waals surface area contributed by atoms with Gasteiger partial charge in [0.05, 0.1) is 103 Å². The third kappa shape index (κ3) is 11.3. The molecule has 0 heterocycles. The minimum absolute atomic E-state index is 0.0237. The van der Waals surface area contributed by atoms with Gasteiger partial charge in [0.1, 0.15) is 0 Å². The minimum atomic E-state index is -0.973. The second-order valence-corrected chi connectivity index (χ2v) is 18.0. The highest BCUT2D eigenvalue weighted by molar-refractivity contribution is 6.27. The zero-order valence-corrected chi connectivity index (χ0v) is 42.9. The Hall–Kier alpha value is -13.3. The third-order valence-corrected chi connectivity index (χ3v) is 12.8. The largest absolute Gasteiger partial charge is 0.419 e. The lowest BCUT2D eigenvalue weighted by Crippen LogP contribution is -2.14. The number of benzene rings is 10. The van der Waals surface area contributed by atoms with Crippen molar-refractivity contribution in [2.45, 2.75) is 0 Å². The van der Waals surface area contributed by atoms with E-state index in [-0.39, 0.29) is 134 Å². The molecule has 0 radical (unpaired) electrons. The number of carbonyl (C=O) groups excluding carboxylic acids is 6. The van der Waals surface area contributed by atoms with Crippen LogP contribution in [0.2, 0.25) is 0 Å². The van der Waals surface area contributed by atoms with Crippen molar-refractivity contribution < 1.29 is 57.2 Å². The zero-order chi connectivity index (χ0) is 59.0. The Balaban J connectivity index is 1.26. The highest BCUT2D eigenvalue weighted by Crippen LogP contribution is 2.48. The lowest BCUT2D eigenvalue weighted by Gasteiger charge is -2.19. The molecule has 396 valence electrons. The van der Waals surface area contributed by atoms with Crippen molar-refractivity contribution in [1.29, 1.82) is 31.6 Å². The number of nitriles is 6. The number of esters is 6. The second-order valence-electron chi connectivity index (χ2n) is 18.0. The molecule has 0 N–H and O–H groups in total. The maximum Gasteiger partial charge on any atom is 0.343 e. The predicted molar refractivity (Wildman–Crippen MR) is 296 cm³/mol. The molecule has 0 aliphatic heterocycles. The molecule has 0 aromatic heterocycles. The molecule has 0 unspecified atom stereocenters. The summed E-state index contributed by atoms with van der Waals surface area (Å²) < 4.78 is 36.1. The van der Waals surface area contributed by atoms with Crippen LogP contribution >= 0.6 is 0 Å². The van der Waals surface area contributed by atoms with Gasteiger partial charge in [0.2, 0.25) is 0 Å². The van der Waals surface area contributed by atoms with Gasteiger partial charge < -0.3 is 28.4 Å². The number of ether oxygens (including phenoxy) is 6. The quantitative estimate of drug-likeness (QED) is 0.0623. The van der Waals surface area contributed by atoms with E-state index in [2.05, 4.69) is 0 Å². The Kier molecular flexibility index (Phi) is 15.1. The number of fused-ring (bicyclic) bond motifs is 6. The van der Waals surface area contributed by atoms with E-state index in [1.165, 1.54) is 182 Å². The van der Waals surface area contributed by atoms with Gasteiger partial charge in [-0.2, -0.15) is 31.6 Å². The number of hydrogen-bond donors (Lipinski definition) is 0. The third-order valence-electron chi connectivity index (χ3n) is 12.8. The summed E-state index contributed by atoms with van der Waals surface area (Å²) in [5, 5.41) is 57.6. The molecule has 10 rings (SSSR count). The van der Waals surface area contributed by atoms with Crippen LogP contribution in [-0.4, -0.2) is 35.8 Å². The molecule has 10 aromatic carbocycles. The van der Waals surface area contributed by atoms with Crippen LogP contribution in [0.4, 0.5) is 0 Å². The van der Waals surface area contributed by atoms with Crippen molar-refractivity contribution in [1.82, 2.24) is 0 Å². The van der Waals surface area contributed by atoms with Gasteiger partial charge in [-0.1, -0.05) is 0 Å². The lowest BCUT2D eigenvalue weighted by atomic mass is 9.93. The summed E-state index contributed by atoms with van der Waals surface area (Å²) in [6, 6.07) is 52.6. The molecule has 0 fully saturated rings. The van der Waals surface area contributed by atoms with Crippen LogP contribution in [0.25, 0.3) is 32.3 Å². The molecule has 0 atom stereocenters. The van der Waals surface area contributed by atoms with Gasteiger partial charge in [-0.3, -0.25) is 0 Å². The standard InChI is InChI=1S/C66H30N6O12/c67-31-37-1-13-43(14-2-37)61(73)79-55-25-49-50(26-56(55)80-62(74)44-15-3-38(32-68)4-16-44)52-28-58(82-64(76)46-19-7-40(34-70)8-20-46)60(84-66(78)48-23-11-42(36-72)12-24-48)30-54(52)53-29-59(83-65(77)47-21-9-41(35-71)10-22-47)57(27-51(49)53)81-63(75)45-17-5-39(33-69)6-18-45/h1-30H. The summed E-state index contributed by atoms with van der Waals surface area (Å²) in [6.45, 7) is 0.